The van der Waals surface area contributed by atoms with E-state index in [9.17, 15) is 0 Å². The number of rotatable bonds is 1. The van der Waals surface area contributed by atoms with Gasteiger partial charge in [-0.25, -0.2) is 0 Å². The second-order valence-corrected chi connectivity index (χ2v) is 6.20. The van der Waals surface area contributed by atoms with E-state index in [1.807, 2.05) is 24.3 Å². The molecule has 0 aromatic heterocycles. The van der Waals surface area contributed by atoms with Gasteiger partial charge in [0.2, 0.25) is 0 Å². The molecule has 0 saturated carbocycles. The van der Waals surface area contributed by atoms with Gasteiger partial charge >= 0.3 is 0 Å². The Bertz CT molecular complexity index is 920. The van der Waals surface area contributed by atoms with Crippen LogP contribution in [0.3, 0.4) is 0 Å². The third kappa shape index (κ3) is 2.04. The molecule has 0 aliphatic heterocycles. The maximum atomic E-state index is 5.64. The van der Waals surface area contributed by atoms with Crippen molar-refractivity contribution in [3.63, 3.8) is 0 Å². The average molecular weight is 316 g/mol. The van der Waals surface area contributed by atoms with E-state index in [0.29, 0.717) is 0 Å². The molecule has 0 spiro atoms. The Labute approximate surface area is 140 Å². The molecular formula is C20H12S2-2. The lowest BCUT2D eigenvalue weighted by Gasteiger charge is -2.24. The van der Waals surface area contributed by atoms with Crippen molar-refractivity contribution in [3.8, 4) is 11.1 Å². The zero-order valence-electron chi connectivity index (χ0n) is 11.7. The van der Waals surface area contributed by atoms with Gasteiger partial charge in [-0.05, 0) is 32.7 Å². The molecule has 0 heterocycles. The van der Waals surface area contributed by atoms with Gasteiger partial charge in [-0.2, -0.15) is 9.79 Å². The van der Waals surface area contributed by atoms with Gasteiger partial charge in [0.25, 0.3) is 0 Å². The summed E-state index contributed by atoms with van der Waals surface area (Å²) in [6.45, 7) is 0. The maximum Gasteiger partial charge on any atom is -0.0121 e. The molecule has 0 bridgehead atoms. The van der Waals surface area contributed by atoms with Gasteiger partial charge in [-0.3, -0.25) is 0 Å². The van der Waals surface area contributed by atoms with Gasteiger partial charge in [0.1, 0.15) is 0 Å². The summed E-state index contributed by atoms with van der Waals surface area (Å²) in [7, 11) is 0. The SMILES string of the molecule is [S-]c1ccc2ccccc2c1-c1c([S-])ccc2ccccc12. The third-order valence-corrected chi connectivity index (χ3v) is 4.71. The van der Waals surface area contributed by atoms with E-state index in [1.54, 1.807) is 0 Å². The van der Waals surface area contributed by atoms with Crippen LogP contribution in [0, 0.1) is 0 Å². The fourth-order valence-corrected chi connectivity index (χ4v) is 3.58. The van der Waals surface area contributed by atoms with Crippen molar-refractivity contribution in [1.82, 2.24) is 0 Å². The number of benzene rings is 4. The molecule has 0 nitrogen and oxygen atoms in total. The molecule has 4 aromatic rings. The van der Waals surface area contributed by atoms with Crippen molar-refractivity contribution in [1.29, 1.82) is 0 Å². The van der Waals surface area contributed by atoms with Crippen molar-refractivity contribution < 1.29 is 0 Å². The summed E-state index contributed by atoms with van der Waals surface area (Å²) in [6.07, 6.45) is 0. The van der Waals surface area contributed by atoms with Gasteiger partial charge in [0, 0.05) is 0 Å². The summed E-state index contributed by atoms with van der Waals surface area (Å²) < 4.78 is 0. The Hall–Kier alpha value is -2.16. The van der Waals surface area contributed by atoms with Crippen LogP contribution in [0.2, 0.25) is 0 Å². The largest absolute Gasteiger partial charge is 0.779 e. The lowest BCUT2D eigenvalue weighted by atomic mass is 9.94. The van der Waals surface area contributed by atoms with Crippen LogP contribution in [0.1, 0.15) is 0 Å². The van der Waals surface area contributed by atoms with Gasteiger partial charge < -0.3 is 25.3 Å². The summed E-state index contributed by atoms with van der Waals surface area (Å²) in [6, 6.07) is 24.8. The zero-order chi connectivity index (χ0) is 15.1. The highest BCUT2D eigenvalue weighted by Crippen LogP contribution is 2.38. The van der Waals surface area contributed by atoms with Crippen molar-refractivity contribution in [2.75, 3.05) is 0 Å². The summed E-state index contributed by atoms with van der Waals surface area (Å²) in [5, 5.41) is 4.71. The van der Waals surface area contributed by atoms with Crippen LogP contribution in [0.4, 0.5) is 0 Å². The van der Waals surface area contributed by atoms with Crippen LogP contribution >= 0.6 is 0 Å². The first-order chi connectivity index (χ1) is 10.8. The Morgan fingerprint density at radius 1 is 0.455 bits per heavy atom. The highest BCUT2D eigenvalue weighted by molar-refractivity contribution is 7.59. The molecule has 0 unspecified atom stereocenters. The number of fused-ring (bicyclic) bond motifs is 2. The van der Waals surface area contributed by atoms with E-state index in [1.165, 1.54) is 10.8 Å². The first-order valence-electron chi connectivity index (χ1n) is 7.13. The molecule has 4 aromatic carbocycles. The first kappa shape index (κ1) is 13.5. The minimum Gasteiger partial charge on any atom is -0.779 e. The van der Waals surface area contributed by atoms with Crippen molar-refractivity contribution in [3.05, 3.63) is 72.8 Å². The molecule has 0 N–H and O–H groups in total. The second kappa shape index (κ2) is 5.24. The fraction of sp³-hybridized carbons (Fsp3) is 0. The minimum absolute atomic E-state index is 0.848. The molecule has 106 valence electrons. The molecule has 22 heavy (non-hydrogen) atoms. The van der Waals surface area contributed by atoms with E-state index in [-0.39, 0.29) is 0 Å². The lowest BCUT2D eigenvalue weighted by Crippen LogP contribution is -1.90. The molecule has 2 heteroatoms. The molecule has 0 radical (unpaired) electrons. The van der Waals surface area contributed by atoms with Crippen molar-refractivity contribution >= 4 is 46.8 Å². The molecular weight excluding hydrogens is 304 g/mol. The minimum atomic E-state index is 0.848. The average Bonchev–Trinajstić information content (AvgIpc) is 2.56. The van der Waals surface area contributed by atoms with Crippen LogP contribution < -0.4 is 0 Å². The lowest BCUT2D eigenvalue weighted by molar-refractivity contribution is 1.44. The third-order valence-electron chi connectivity index (χ3n) is 4.03. The highest BCUT2D eigenvalue weighted by atomic mass is 32.1. The first-order valence-corrected chi connectivity index (χ1v) is 7.95. The van der Waals surface area contributed by atoms with Crippen LogP contribution in [0.25, 0.3) is 32.7 Å². The molecule has 0 amide bonds. The van der Waals surface area contributed by atoms with Gasteiger partial charge in [-0.1, -0.05) is 72.8 Å². The van der Waals surface area contributed by atoms with E-state index in [2.05, 4.69) is 48.5 Å². The molecule has 0 aliphatic rings. The highest BCUT2D eigenvalue weighted by Gasteiger charge is 2.08. The van der Waals surface area contributed by atoms with Crippen molar-refractivity contribution in [2.24, 2.45) is 0 Å². The quantitative estimate of drug-likeness (QED) is 0.427. The van der Waals surface area contributed by atoms with E-state index < -0.39 is 0 Å². The predicted molar refractivity (Wildman–Crippen MR) is 98.2 cm³/mol. The fourth-order valence-electron chi connectivity index (χ4n) is 3.02. The van der Waals surface area contributed by atoms with E-state index >= 15 is 0 Å². The van der Waals surface area contributed by atoms with E-state index in [0.717, 1.165) is 31.7 Å². The number of hydrogen-bond acceptors (Lipinski definition) is 2. The Balaban J connectivity index is 2.21. The van der Waals surface area contributed by atoms with Gasteiger partial charge in [-0.15, -0.1) is 0 Å². The topological polar surface area (TPSA) is 0 Å². The summed E-state index contributed by atoms with van der Waals surface area (Å²) in [4.78, 5) is 1.70. The Kier molecular flexibility index (Phi) is 3.21. The zero-order valence-corrected chi connectivity index (χ0v) is 13.4. The molecule has 0 fully saturated rings. The van der Waals surface area contributed by atoms with Gasteiger partial charge in [0.05, 0.1) is 0 Å². The summed E-state index contributed by atoms with van der Waals surface area (Å²) in [5.74, 6) is 0. The Morgan fingerprint density at radius 3 is 1.32 bits per heavy atom. The molecule has 0 aliphatic carbocycles. The Morgan fingerprint density at radius 2 is 0.864 bits per heavy atom. The van der Waals surface area contributed by atoms with E-state index in [4.69, 9.17) is 25.3 Å². The molecule has 0 atom stereocenters. The van der Waals surface area contributed by atoms with Crippen LogP contribution in [0.5, 0.6) is 0 Å². The summed E-state index contributed by atoms with van der Waals surface area (Å²) in [5.41, 5.74) is 2.16. The van der Waals surface area contributed by atoms with Crippen LogP contribution in [-0.2, 0) is 25.3 Å². The monoisotopic (exact) mass is 316 g/mol. The molecule has 0 saturated heterocycles. The normalized spacial score (nSPS) is 11.1. The standard InChI is InChI=1S/C20H14S2/c21-17-11-9-13-5-1-3-7-15(13)19(17)20-16-8-4-2-6-14(16)10-12-18(20)22/h1-12,21-22H/p-2. The number of hydrogen-bond donors (Lipinski definition) is 0. The maximum absolute atomic E-state index is 5.64. The van der Waals surface area contributed by atoms with Crippen molar-refractivity contribution in [2.45, 2.75) is 9.79 Å². The van der Waals surface area contributed by atoms with Crippen LogP contribution in [-0.4, -0.2) is 0 Å². The predicted octanol–water partition coefficient (Wildman–Crippen LogP) is 5.47. The van der Waals surface area contributed by atoms with Gasteiger partial charge in [0.15, 0.2) is 0 Å². The summed E-state index contributed by atoms with van der Waals surface area (Å²) >= 11 is 11.3. The smallest absolute Gasteiger partial charge is 0.0121 e. The van der Waals surface area contributed by atoms with Crippen LogP contribution in [0.15, 0.2) is 82.6 Å². The second-order valence-electron chi connectivity index (χ2n) is 5.32. The molecule has 4 rings (SSSR count).